The minimum atomic E-state index is 0. The van der Waals surface area contributed by atoms with Crippen molar-refractivity contribution in [3.63, 3.8) is 0 Å². The Labute approximate surface area is 98.0 Å². The van der Waals surface area contributed by atoms with Gasteiger partial charge < -0.3 is 12.3 Å². The Kier molecular flexibility index (Phi) is 10.1. The largest absolute Gasteiger partial charge is 1.00 e. The van der Waals surface area contributed by atoms with Crippen LogP contribution in [0.3, 0.4) is 0 Å². The van der Waals surface area contributed by atoms with Crippen molar-refractivity contribution in [2.75, 3.05) is 13.1 Å². The molecule has 0 aromatic carbocycles. The molecule has 1 fully saturated rings. The molecule has 3 heteroatoms. The summed E-state index contributed by atoms with van der Waals surface area (Å²) in [6.45, 7) is 3.62. The zero-order valence-electron chi connectivity index (χ0n) is 8.60. The van der Waals surface area contributed by atoms with Gasteiger partial charge in [0.05, 0.1) is 0 Å². The maximum atomic E-state index is 10.9. The average Bonchev–Trinajstić information content (AvgIpc) is 2.12. The van der Waals surface area contributed by atoms with Crippen molar-refractivity contribution >= 4 is 5.91 Å². The van der Waals surface area contributed by atoms with Gasteiger partial charge in [0.15, 0.2) is 0 Å². The van der Waals surface area contributed by atoms with Crippen LogP contribution in [0.25, 0.3) is 0 Å². The molecule has 0 saturated carbocycles. The number of carbonyl (C=O) groups is 1. The van der Waals surface area contributed by atoms with Gasteiger partial charge in [-0.05, 0) is 12.8 Å². The van der Waals surface area contributed by atoms with Crippen LogP contribution < -0.4 is 29.6 Å². The predicted molar refractivity (Wildman–Crippen MR) is 47.1 cm³/mol. The van der Waals surface area contributed by atoms with E-state index < -0.39 is 0 Å². The summed E-state index contributed by atoms with van der Waals surface area (Å²) in [5.74, 6) is 0.238. The van der Waals surface area contributed by atoms with E-state index in [1.807, 2.05) is 4.90 Å². The summed E-state index contributed by atoms with van der Waals surface area (Å²) in [5.41, 5.74) is 0. The van der Waals surface area contributed by atoms with E-state index in [2.05, 4.69) is 0 Å². The van der Waals surface area contributed by atoms with Crippen LogP contribution in [0.15, 0.2) is 0 Å². The molecule has 1 rings (SSSR count). The first-order valence-electron chi connectivity index (χ1n) is 4.06. The minimum absolute atomic E-state index is 0. The molecule has 66 valence electrons. The standard InChI is InChI=1S/C8H15NO.CH3.Na/c1-8(10)9-6-4-2-3-5-7-9;;/h2-7H2,1H3;1H3;/q;-1;+1. The Morgan fingerprint density at radius 2 is 1.50 bits per heavy atom. The fourth-order valence-corrected chi connectivity index (χ4v) is 1.39. The smallest absolute Gasteiger partial charge is 0.358 e. The van der Waals surface area contributed by atoms with Crippen molar-refractivity contribution in [3.8, 4) is 0 Å². The summed E-state index contributed by atoms with van der Waals surface area (Å²) < 4.78 is 0. The third kappa shape index (κ3) is 5.18. The van der Waals surface area contributed by atoms with E-state index in [9.17, 15) is 4.79 Å². The maximum absolute atomic E-state index is 10.9. The molecule has 0 atom stereocenters. The van der Waals surface area contributed by atoms with E-state index in [0.29, 0.717) is 0 Å². The SMILES string of the molecule is CC(=O)N1CCCCCC1.[CH3-].[Na+]. The number of nitrogens with zero attached hydrogens (tertiary/aromatic N) is 1. The molecule has 0 aromatic heterocycles. The number of rotatable bonds is 0. The van der Waals surface area contributed by atoms with Crippen LogP contribution in [-0.2, 0) is 4.79 Å². The molecule has 2 nitrogen and oxygen atoms in total. The molecule has 0 N–H and O–H groups in total. The van der Waals surface area contributed by atoms with Gasteiger partial charge in [-0.2, -0.15) is 0 Å². The van der Waals surface area contributed by atoms with E-state index in [4.69, 9.17) is 0 Å². The van der Waals surface area contributed by atoms with Gasteiger partial charge in [-0.1, -0.05) is 12.8 Å². The molecule has 0 spiro atoms. The molecular formula is C9H18NNaO. The molecule has 0 radical (unpaired) electrons. The quantitative estimate of drug-likeness (QED) is 0.340. The Balaban J connectivity index is 0. The van der Waals surface area contributed by atoms with E-state index >= 15 is 0 Å². The molecule has 0 unspecified atom stereocenters. The fourth-order valence-electron chi connectivity index (χ4n) is 1.39. The average molecular weight is 179 g/mol. The van der Waals surface area contributed by atoms with Gasteiger partial charge in [-0.3, -0.25) is 4.79 Å². The number of likely N-dealkylation sites (tertiary alicyclic amines) is 1. The van der Waals surface area contributed by atoms with E-state index in [1.54, 1.807) is 6.92 Å². The van der Waals surface area contributed by atoms with E-state index in [0.717, 1.165) is 13.1 Å². The van der Waals surface area contributed by atoms with Gasteiger partial charge >= 0.3 is 29.6 Å². The summed E-state index contributed by atoms with van der Waals surface area (Å²) in [7, 11) is 0. The minimum Gasteiger partial charge on any atom is -0.358 e. The molecule has 1 heterocycles. The number of amides is 1. The Morgan fingerprint density at radius 3 is 1.83 bits per heavy atom. The van der Waals surface area contributed by atoms with E-state index in [1.165, 1.54) is 25.7 Å². The monoisotopic (exact) mass is 179 g/mol. The molecule has 1 saturated heterocycles. The molecule has 12 heavy (non-hydrogen) atoms. The van der Waals surface area contributed by atoms with Crippen LogP contribution in [0.5, 0.6) is 0 Å². The normalized spacial score (nSPS) is 16.9. The molecule has 1 aliphatic rings. The Hall–Kier alpha value is 0.470. The number of carbonyl (C=O) groups excluding carboxylic acids is 1. The summed E-state index contributed by atoms with van der Waals surface area (Å²) in [6.07, 6.45) is 4.98. The topological polar surface area (TPSA) is 20.3 Å². The van der Waals surface area contributed by atoms with Gasteiger partial charge in [-0.25, -0.2) is 0 Å². The predicted octanol–water partition coefficient (Wildman–Crippen LogP) is -1.14. The van der Waals surface area contributed by atoms with Crippen LogP contribution in [0, 0.1) is 7.43 Å². The summed E-state index contributed by atoms with van der Waals surface area (Å²) in [5, 5.41) is 0. The third-order valence-corrected chi connectivity index (χ3v) is 2.05. The molecular weight excluding hydrogens is 161 g/mol. The van der Waals surface area contributed by atoms with E-state index in [-0.39, 0.29) is 42.9 Å². The van der Waals surface area contributed by atoms with Crippen LogP contribution in [0.1, 0.15) is 32.6 Å². The first kappa shape index (κ1) is 15.0. The van der Waals surface area contributed by atoms with Crippen LogP contribution >= 0.6 is 0 Å². The van der Waals surface area contributed by atoms with Gasteiger partial charge in [0.25, 0.3) is 0 Å². The second kappa shape index (κ2) is 8.09. The third-order valence-electron chi connectivity index (χ3n) is 2.05. The molecule has 1 amide bonds. The van der Waals surface area contributed by atoms with Gasteiger partial charge in [0.1, 0.15) is 0 Å². The van der Waals surface area contributed by atoms with Crippen LogP contribution in [-0.4, -0.2) is 23.9 Å². The molecule has 0 bridgehead atoms. The molecule has 0 aliphatic carbocycles. The zero-order chi connectivity index (χ0) is 7.40. The van der Waals surface area contributed by atoms with Crippen LogP contribution in [0.2, 0.25) is 0 Å². The van der Waals surface area contributed by atoms with Crippen molar-refractivity contribution in [2.24, 2.45) is 0 Å². The second-order valence-corrected chi connectivity index (χ2v) is 2.92. The fraction of sp³-hybridized carbons (Fsp3) is 0.778. The summed E-state index contributed by atoms with van der Waals surface area (Å²) >= 11 is 0. The summed E-state index contributed by atoms with van der Waals surface area (Å²) in [4.78, 5) is 12.8. The maximum Gasteiger partial charge on any atom is 1.00 e. The summed E-state index contributed by atoms with van der Waals surface area (Å²) in [6, 6.07) is 0. The second-order valence-electron chi connectivity index (χ2n) is 2.92. The van der Waals surface area contributed by atoms with Gasteiger partial charge in [0, 0.05) is 20.0 Å². The number of hydrogen-bond donors (Lipinski definition) is 0. The Morgan fingerprint density at radius 1 is 1.08 bits per heavy atom. The number of hydrogen-bond acceptors (Lipinski definition) is 1. The molecule has 0 aromatic rings. The van der Waals surface area contributed by atoms with Crippen molar-refractivity contribution in [3.05, 3.63) is 7.43 Å². The van der Waals surface area contributed by atoms with Gasteiger partial charge in [-0.15, -0.1) is 0 Å². The van der Waals surface area contributed by atoms with Crippen LogP contribution in [0.4, 0.5) is 0 Å². The molecule has 1 aliphatic heterocycles. The van der Waals surface area contributed by atoms with Crippen molar-refractivity contribution < 1.29 is 34.4 Å². The van der Waals surface area contributed by atoms with Crippen molar-refractivity contribution in [2.45, 2.75) is 32.6 Å². The first-order chi connectivity index (χ1) is 4.80. The van der Waals surface area contributed by atoms with Crippen molar-refractivity contribution in [1.82, 2.24) is 4.90 Å². The zero-order valence-corrected chi connectivity index (χ0v) is 10.6. The first-order valence-corrected chi connectivity index (χ1v) is 4.06. The Bertz CT molecular complexity index is 120. The van der Waals surface area contributed by atoms with Crippen molar-refractivity contribution in [1.29, 1.82) is 0 Å². The van der Waals surface area contributed by atoms with Gasteiger partial charge in [0.2, 0.25) is 5.91 Å².